The molecular weight excluding hydrogens is 300 g/mol. The van der Waals surface area contributed by atoms with Gasteiger partial charge in [-0.3, -0.25) is 4.79 Å². The van der Waals surface area contributed by atoms with Crippen molar-refractivity contribution < 1.29 is 0 Å². The van der Waals surface area contributed by atoms with Gasteiger partial charge in [0.05, 0.1) is 4.88 Å². The Morgan fingerprint density at radius 1 is 1.09 bits per heavy atom. The highest BCUT2D eigenvalue weighted by atomic mass is 32.1. The van der Waals surface area contributed by atoms with E-state index in [1.54, 1.807) is 34.3 Å². The molecule has 8 heteroatoms. The summed E-state index contributed by atoms with van der Waals surface area (Å²) >= 11 is 1.54. The molecule has 4 heterocycles. The first kappa shape index (κ1) is 12.7. The molecule has 0 saturated carbocycles. The summed E-state index contributed by atoms with van der Waals surface area (Å²) in [7, 11) is 0. The predicted molar refractivity (Wildman–Crippen MR) is 84.5 cm³/mol. The number of aromatic nitrogens is 5. The summed E-state index contributed by atoms with van der Waals surface area (Å²) in [6.45, 7) is 0. The number of anilines is 1. The van der Waals surface area contributed by atoms with Crippen molar-refractivity contribution in [3.63, 3.8) is 0 Å². The lowest BCUT2D eigenvalue weighted by atomic mass is 10.3. The van der Waals surface area contributed by atoms with E-state index in [4.69, 9.17) is 5.73 Å². The molecule has 108 valence electrons. The molecule has 0 unspecified atom stereocenters. The van der Waals surface area contributed by atoms with Gasteiger partial charge in [0.1, 0.15) is 17.5 Å². The van der Waals surface area contributed by atoms with Gasteiger partial charge in [0, 0.05) is 12.3 Å². The quantitative estimate of drug-likeness (QED) is 0.607. The summed E-state index contributed by atoms with van der Waals surface area (Å²) in [5, 5.41) is 1.96. The fourth-order valence-corrected chi connectivity index (χ4v) is 2.96. The summed E-state index contributed by atoms with van der Waals surface area (Å²) in [6, 6.07) is 8.79. The number of nitrogen functional groups attached to an aromatic ring is 1. The molecule has 0 bridgehead atoms. The molecule has 2 N–H and O–H groups in total. The van der Waals surface area contributed by atoms with Crippen LogP contribution in [0.25, 0.3) is 21.7 Å². The highest BCUT2D eigenvalue weighted by Gasteiger charge is 2.15. The summed E-state index contributed by atoms with van der Waals surface area (Å²) in [5.41, 5.74) is 7.41. The molecule has 0 fully saturated rings. The molecule has 0 aliphatic carbocycles. The molecule has 0 aliphatic rings. The smallest absolute Gasteiger partial charge is 0.269 e. The van der Waals surface area contributed by atoms with Crippen LogP contribution >= 0.6 is 11.3 Å². The first-order valence-corrected chi connectivity index (χ1v) is 7.35. The number of nitrogens with zero attached hydrogens (tertiary/aromatic N) is 5. The van der Waals surface area contributed by atoms with E-state index in [-0.39, 0.29) is 11.5 Å². The first-order chi connectivity index (χ1) is 10.7. The minimum absolute atomic E-state index is 0.140. The second-order valence-electron chi connectivity index (χ2n) is 4.55. The number of hydrogen-bond acceptors (Lipinski definition) is 6. The molecule has 4 rings (SSSR count). The number of fused-ring (bicyclic) bond motifs is 1. The van der Waals surface area contributed by atoms with E-state index in [1.165, 1.54) is 17.1 Å². The van der Waals surface area contributed by atoms with E-state index in [0.717, 1.165) is 4.88 Å². The van der Waals surface area contributed by atoms with Gasteiger partial charge in [-0.15, -0.1) is 11.3 Å². The van der Waals surface area contributed by atoms with E-state index in [0.29, 0.717) is 16.9 Å². The summed E-state index contributed by atoms with van der Waals surface area (Å²) < 4.78 is 2.98. The summed E-state index contributed by atoms with van der Waals surface area (Å²) in [5.74, 6) is 0.140. The number of pyridine rings is 1. The minimum atomic E-state index is -0.184. The molecule has 4 aromatic rings. The van der Waals surface area contributed by atoms with Gasteiger partial charge in [0.15, 0.2) is 5.65 Å². The van der Waals surface area contributed by atoms with Gasteiger partial charge in [0.25, 0.3) is 5.56 Å². The van der Waals surface area contributed by atoms with Crippen molar-refractivity contribution in [3.05, 3.63) is 58.6 Å². The Hall–Kier alpha value is -3.00. The Morgan fingerprint density at radius 3 is 2.77 bits per heavy atom. The zero-order chi connectivity index (χ0) is 15.1. The van der Waals surface area contributed by atoms with E-state index >= 15 is 0 Å². The third-order valence-electron chi connectivity index (χ3n) is 3.19. The maximum atomic E-state index is 12.0. The molecule has 0 spiro atoms. The predicted octanol–water partition coefficient (Wildman–Crippen LogP) is 1.61. The SMILES string of the molecule is Nc1nc(-c2cccs2)c2ncn(-n3ccccc3=O)c2n1. The Balaban J connectivity index is 2.05. The van der Waals surface area contributed by atoms with E-state index in [1.807, 2.05) is 17.5 Å². The molecule has 0 radical (unpaired) electrons. The van der Waals surface area contributed by atoms with E-state index < -0.39 is 0 Å². The van der Waals surface area contributed by atoms with Crippen molar-refractivity contribution in [2.75, 3.05) is 5.73 Å². The minimum Gasteiger partial charge on any atom is -0.368 e. The number of rotatable bonds is 2. The van der Waals surface area contributed by atoms with Crippen LogP contribution in [0.4, 0.5) is 5.95 Å². The molecule has 0 atom stereocenters. The van der Waals surface area contributed by atoms with Gasteiger partial charge in [-0.05, 0) is 17.5 Å². The van der Waals surface area contributed by atoms with Crippen molar-refractivity contribution in [3.8, 4) is 10.6 Å². The molecule has 0 amide bonds. The highest BCUT2D eigenvalue weighted by Crippen LogP contribution is 2.29. The van der Waals surface area contributed by atoms with Crippen molar-refractivity contribution in [1.82, 2.24) is 24.3 Å². The molecule has 4 aromatic heterocycles. The van der Waals surface area contributed by atoms with Gasteiger partial charge in [0.2, 0.25) is 5.95 Å². The summed E-state index contributed by atoms with van der Waals surface area (Å²) in [4.78, 5) is 25.8. The Labute approximate surface area is 128 Å². The maximum Gasteiger partial charge on any atom is 0.269 e. The summed E-state index contributed by atoms with van der Waals surface area (Å²) in [6.07, 6.45) is 3.18. The third kappa shape index (κ3) is 1.89. The van der Waals surface area contributed by atoms with Crippen LogP contribution in [0.15, 0.2) is 53.0 Å². The average Bonchev–Trinajstić information content (AvgIpc) is 3.16. The fraction of sp³-hybridized carbons (Fsp3) is 0. The number of imidazole rings is 1. The van der Waals surface area contributed by atoms with Crippen LogP contribution in [-0.4, -0.2) is 24.3 Å². The van der Waals surface area contributed by atoms with Crippen LogP contribution in [-0.2, 0) is 0 Å². The second-order valence-corrected chi connectivity index (χ2v) is 5.50. The van der Waals surface area contributed by atoms with Crippen LogP contribution < -0.4 is 11.3 Å². The van der Waals surface area contributed by atoms with Gasteiger partial charge < -0.3 is 5.73 Å². The van der Waals surface area contributed by atoms with Crippen molar-refractivity contribution in [2.24, 2.45) is 0 Å². The Morgan fingerprint density at radius 2 is 2.00 bits per heavy atom. The van der Waals surface area contributed by atoms with Crippen molar-refractivity contribution in [1.29, 1.82) is 0 Å². The van der Waals surface area contributed by atoms with Crippen LogP contribution in [0.2, 0.25) is 0 Å². The lowest BCUT2D eigenvalue weighted by molar-refractivity contribution is 0.644. The first-order valence-electron chi connectivity index (χ1n) is 6.47. The van der Waals surface area contributed by atoms with Crippen LogP contribution in [0.3, 0.4) is 0 Å². The monoisotopic (exact) mass is 310 g/mol. The number of hydrogen-bond donors (Lipinski definition) is 1. The van der Waals surface area contributed by atoms with E-state index in [2.05, 4.69) is 15.0 Å². The Kier molecular flexibility index (Phi) is 2.76. The highest BCUT2D eigenvalue weighted by molar-refractivity contribution is 7.13. The van der Waals surface area contributed by atoms with E-state index in [9.17, 15) is 4.79 Å². The van der Waals surface area contributed by atoms with Crippen molar-refractivity contribution in [2.45, 2.75) is 0 Å². The molecule has 0 aromatic carbocycles. The zero-order valence-electron chi connectivity index (χ0n) is 11.2. The van der Waals surface area contributed by atoms with Gasteiger partial charge in [-0.2, -0.15) is 4.98 Å². The molecule has 0 saturated heterocycles. The lowest BCUT2D eigenvalue weighted by Gasteiger charge is -2.07. The maximum absolute atomic E-state index is 12.0. The van der Waals surface area contributed by atoms with Gasteiger partial charge >= 0.3 is 0 Å². The standard InChI is InChI=1S/C14H10N6OS/c15-14-17-11(9-4-3-7-22-9)12-13(18-14)20(8-16-12)19-6-2-1-5-10(19)21/h1-8H,(H2,15,17,18). The number of nitrogens with two attached hydrogens (primary N) is 1. The largest absolute Gasteiger partial charge is 0.368 e. The van der Waals surface area contributed by atoms with Crippen LogP contribution in [0.5, 0.6) is 0 Å². The Bertz CT molecular complexity index is 1020. The second kappa shape index (κ2) is 4.78. The average molecular weight is 310 g/mol. The molecule has 0 aliphatic heterocycles. The number of thiophene rings is 1. The van der Waals surface area contributed by atoms with Crippen molar-refractivity contribution >= 4 is 28.4 Å². The van der Waals surface area contributed by atoms with Crippen LogP contribution in [0.1, 0.15) is 0 Å². The zero-order valence-corrected chi connectivity index (χ0v) is 12.1. The molecule has 22 heavy (non-hydrogen) atoms. The molecular formula is C14H10N6OS. The lowest BCUT2D eigenvalue weighted by Crippen LogP contribution is -2.24. The fourth-order valence-electron chi connectivity index (χ4n) is 2.25. The molecule has 7 nitrogen and oxygen atoms in total. The topological polar surface area (TPSA) is 91.6 Å². The van der Waals surface area contributed by atoms with Gasteiger partial charge in [-0.25, -0.2) is 19.3 Å². The third-order valence-corrected chi connectivity index (χ3v) is 4.06. The van der Waals surface area contributed by atoms with Crippen LogP contribution in [0, 0.1) is 0 Å². The normalized spacial score (nSPS) is 11.1. The van der Waals surface area contributed by atoms with Gasteiger partial charge in [-0.1, -0.05) is 12.1 Å².